The zero-order valence-corrected chi connectivity index (χ0v) is 7.25. The minimum absolute atomic E-state index is 0.513. The van der Waals surface area contributed by atoms with Crippen LogP contribution in [0, 0.1) is 22.0 Å². The van der Waals surface area contributed by atoms with Crippen LogP contribution in [0.5, 0.6) is 0 Å². The Labute approximate surface area is 72.6 Å². The molecule has 0 aliphatic carbocycles. The summed E-state index contributed by atoms with van der Waals surface area (Å²) in [4.78, 5) is 9.27. The summed E-state index contributed by atoms with van der Waals surface area (Å²) in [6, 6.07) is 0. The number of hydrogen-bond donors (Lipinski definition) is 0. The van der Waals surface area contributed by atoms with Crippen LogP contribution in [0.25, 0.3) is 0 Å². The fourth-order valence-electron chi connectivity index (χ4n) is 0.693. The Morgan fingerprint density at radius 1 is 1.50 bits per heavy atom. The van der Waals surface area contributed by atoms with Gasteiger partial charge in [0.2, 0.25) is 6.20 Å². The predicted molar refractivity (Wildman–Crippen MR) is 48.1 cm³/mol. The molecule has 0 fully saturated rings. The van der Waals surface area contributed by atoms with Crippen molar-refractivity contribution in [2.45, 2.75) is 32.6 Å². The second-order valence-electron chi connectivity index (χ2n) is 2.38. The van der Waals surface area contributed by atoms with Crippen LogP contribution in [0.3, 0.4) is 0 Å². The number of unbranched alkanes of at least 4 members (excludes halogenated alkanes) is 3. The molecule has 0 N–H and O–H groups in total. The molecule has 0 amide bonds. The van der Waals surface area contributed by atoms with Crippen LogP contribution in [0.15, 0.2) is 12.3 Å². The molecule has 0 aromatic carbocycles. The van der Waals surface area contributed by atoms with Crippen molar-refractivity contribution in [2.75, 3.05) is 0 Å². The second kappa shape index (κ2) is 7.80. The molecule has 0 rings (SSSR count). The first-order valence-electron chi connectivity index (χ1n) is 4.06. The molecule has 0 radical (unpaired) electrons. The topological polar surface area (TPSA) is 43.1 Å². The van der Waals surface area contributed by atoms with Gasteiger partial charge >= 0.3 is 0 Å². The van der Waals surface area contributed by atoms with Gasteiger partial charge in [-0.25, -0.2) is 0 Å². The van der Waals surface area contributed by atoms with E-state index in [2.05, 4.69) is 18.8 Å². The summed E-state index contributed by atoms with van der Waals surface area (Å²) in [7, 11) is 0. The van der Waals surface area contributed by atoms with Crippen molar-refractivity contribution < 1.29 is 4.92 Å². The lowest BCUT2D eigenvalue weighted by molar-refractivity contribution is -0.402. The van der Waals surface area contributed by atoms with Crippen molar-refractivity contribution in [3.8, 4) is 11.8 Å². The smallest absolute Gasteiger partial charge is 0.242 e. The Balaban J connectivity index is 3.40. The van der Waals surface area contributed by atoms with Gasteiger partial charge in [-0.1, -0.05) is 31.6 Å². The van der Waals surface area contributed by atoms with Crippen molar-refractivity contribution in [2.24, 2.45) is 0 Å². The Morgan fingerprint density at radius 2 is 2.25 bits per heavy atom. The average Bonchev–Trinajstić information content (AvgIpc) is 2.02. The van der Waals surface area contributed by atoms with Crippen LogP contribution >= 0.6 is 0 Å². The maximum absolute atomic E-state index is 9.79. The monoisotopic (exact) mass is 167 g/mol. The minimum Gasteiger partial charge on any atom is -0.259 e. The van der Waals surface area contributed by atoms with Crippen LogP contribution in [0.2, 0.25) is 0 Å². The van der Waals surface area contributed by atoms with Gasteiger partial charge in [0, 0.05) is 6.42 Å². The number of allylic oxidation sites excluding steroid dienone is 1. The van der Waals surface area contributed by atoms with Gasteiger partial charge in [-0.05, 0) is 6.42 Å². The highest BCUT2D eigenvalue weighted by molar-refractivity contribution is 5.13. The van der Waals surface area contributed by atoms with Crippen molar-refractivity contribution in [3.63, 3.8) is 0 Å². The molecule has 0 aromatic heterocycles. The van der Waals surface area contributed by atoms with Gasteiger partial charge in [0.25, 0.3) is 0 Å². The predicted octanol–water partition coefficient (Wildman–Crippen LogP) is 2.36. The zero-order valence-electron chi connectivity index (χ0n) is 7.25. The summed E-state index contributed by atoms with van der Waals surface area (Å²) >= 11 is 0. The van der Waals surface area contributed by atoms with Gasteiger partial charge in [-0.2, -0.15) is 0 Å². The molecule has 0 unspecified atom stereocenters. The molecule has 0 bridgehead atoms. The number of rotatable bonds is 4. The van der Waals surface area contributed by atoms with E-state index in [9.17, 15) is 10.1 Å². The molecule has 0 saturated carbocycles. The number of hydrogen-bond acceptors (Lipinski definition) is 2. The van der Waals surface area contributed by atoms with Gasteiger partial charge in [0.05, 0.1) is 11.0 Å². The largest absolute Gasteiger partial charge is 0.259 e. The molecule has 0 aliphatic heterocycles. The van der Waals surface area contributed by atoms with Gasteiger partial charge in [-0.3, -0.25) is 10.1 Å². The average molecular weight is 167 g/mol. The SMILES string of the molecule is CCCCCC#C/C=C/[N+](=O)[O-]. The van der Waals surface area contributed by atoms with E-state index >= 15 is 0 Å². The summed E-state index contributed by atoms with van der Waals surface area (Å²) in [5.41, 5.74) is 0. The highest BCUT2D eigenvalue weighted by atomic mass is 16.6. The van der Waals surface area contributed by atoms with Gasteiger partial charge < -0.3 is 0 Å². The molecule has 0 spiro atoms. The summed E-state index contributed by atoms with van der Waals surface area (Å²) in [6.07, 6.45) is 6.38. The van der Waals surface area contributed by atoms with Crippen LogP contribution < -0.4 is 0 Å². The Morgan fingerprint density at radius 3 is 2.83 bits per heavy atom. The van der Waals surface area contributed by atoms with E-state index in [0.717, 1.165) is 19.0 Å². The van der Waals surface area contributed by atoms with Crippen LogP contribution in [-0.4, -0.2) is 4.92 Å². The van der Waals surface area contributed by atoms with E-state index in [1.807, 2.05) is 0 Å². The first-order valence-corrected chi connectivity index (χ1v) is 4.06. The molecule has 0 aliphatic rings. The third kappa shape index (κ3) is 8.70. The lowest BCUT2D eigenvalue weighted by atomic mass is 10.2. The van der Waals surface area contributed by atoms with E-state index < -0.39 is 4.92 Å². The van der Waals surface area contributed by atoms with E-state index in [1.165, 1.54) is 18.9 Å². The van der Waals surface area contributed by atoms with Gasteiger partial charge in [0.1, 0.15) is 0 Å². The fourth-order valence-corrected chi connectivity index (χ4v) is 0.693. The van der Waals surface area contributed by atoms with E-state index in [-0.39, 0.29) is 0 Å². The maximum Gasteiger partial charge on any atom is 0.242 e. The number of nitro groups is 1. The molecule has 3 heteroatoms. The molecular formula is C9H13NO2. The fraction of sp³-hybridized carbons (Fsp3) is 0.556. The first-order chi connectivity index (χ1) is 5.77. The molecule has 12 heavy (non-hydrogen) atoms. The summed E-state index contributed by atoms with van der Waals surface area (Å²) < 4.78 is 0. The molecule has 0 saturated heterocycles. The van der Waals surface area contributed by atoms with Crippen molar-refractivity contribution in [1.29, 1.82) is 0 Å². The lowest BCUT2D eigenvalue weighted by Gasteiger charge is -1.86. The Hall–Kier alpha value is -1.30. The number of nitrogens with zero attached hydrogens (tertiary/aromatic N) is 1. The van der Waals surface area contributed by atoms with Crippen LogP contribution in [0.4, 0.5) is 0 Å². The molecular weight excluding hydrogens is 154 g/mol. The van der Waals surface area contributed by atoms with E-state index in [1.54, 1.807) is 0 Å². The highest BCUT2D eigenvalue weighted by Crippen LogP contribution is 1.96. The highest BCUT2D eigenvalue weighted by Gasteiger charge is 1.81. The summed E-state index contributed by atoms with van der Waals surface area (Å²) in [5, 5.41) is 9.79. The van der Waals surface area contributed by atoms with Crippen LogP contribution in [-0.2, 0) is 0 Å². The molecule has 0 heterocycles. The van der Waals surface area contributed by atoms with Crippen molar-refractivity contribution in [3.05, 3.63) is 22.4 Å². The third-order valence-electron chi connectivity index (χ3n) is 1.29. The maximum atomic E-state index is 9.79. The Bertz CT molecular complexity index is 210. The van der Waals surface area contributed by atoms with Gasteiger partial charge in [0.15, 0.2) is 0 Å². The summed E-state index contributed by atoms with van der Waals surface area (Å²) in [5.74, 6) is 5.44. The molecule has 0 aromatic rings. The van der Waals surface area contributed by atoms with Crippen molar-refractivity contribution >= 4 is 0 Å². The standard InChI is InChI=1S/C9H13NO2/c1-2-3-4-5-6-7-8-9-10(11)12/h8-9H,2-5H2,1H3/b9-8+. The van der Waals surface area contributed by atoms with E-state index in [0.29, 0.717) is 0 Å². The first kappa shape index (κ1) is 10.7. The van der Waals surface area contributed by atoms with Crippen LogP contribution in [0.1, 0.15) is 32.6 Å². The van der Waals surface area contributed by atoms with Crippen molar-refractivity contribution in [1.82, 2.24) is 0 Å². The Kier molecular flexibility index (Phi) is 6.96. The lowest BCUT2D eigenvalue weighted by Crippen LogP contribution is -1.80. The molecule has 0 atom stereocenters. The van der Waals surface area contributed by atoms with Gasteiger partial charge in [-0.15, -0.1) is 0 Å². The second-order valence-corrected chi connectivity index (χ2v) is 2.38. The quantitative estimate of drug-likeness (QED) is 0.279. The van der Waals surface area contributed by atoms with E-state index in [4.69, 9.17) is 0 Å². The zero-order chi connectivity index (χ0) is 9.23. The molecule has 66 valence electrons. The summed E-state index contributed by atoms with van der Waals surface area (Å²) in [6.45, 7) is 2.13. The third-order valence-corrected chi connectivity index (χ3v) is 1.29. The minimum atomic E-state index is -0.513. The molecule has 3 nitrogen and oxygen atoms in total. The normalized spacial score (nSPS) is 9.42.